The van der Waals surface area contributed by atoms with Gasteiger partial charge in [0, 0.05) is 49.3 Å². The summed E-state index contributed by atoms with van der Waals surface area (Å²) in [7, 11) is 0. The average molecular weight is 409 g/mol. The van der Waals surface area contributed by atoms with Crippen molar-refractivity contribution < 1.29 is 14.6 Å². The maximum absolute atomic E-state index is 11.6. The molecule has 1 saturated heterocycles. The second-order valence-electron chi connectivity index (χ2n) is 9.38. The minimum atomic E-state index is -0.813. The van der Waals surface area contributed by atoms with Gasteiger partial charge in [0.2, 0.25) is 0 Å². The highest BCUT2D eigenvalue weighted by atomic mass is 16.5. The fourth-order valence-electron chi connectivity index (χ4n) is 5.69. The van der Waals surface area contributed by atoms with Crippen molar-refractivity contribution in [3.63, 3.8) is 0 Å². The van der Waals surface area contributed by atoms with Gasteiger partial charge in [-0.25, -0.2) is 0 Å². The minimum Gasteiger partial charge on any atom is -0.494 e. The van der Waals surface area contributed by atoms with E-state index in [1.165, 1.54) is 11.1 Å². The van der Waals surface area contributed by atoms with Gasteiger partial charge in [0.05, 0.1) is 12.3 Å². The van der Waals surface area contributed by atoms with Crippen LogP contribution in [0.2, 0.25) is 0 Å². The van der Waals surface area contributed by atoms with Gasteiger partial charge in [-0.3, -0.25) is 9.88 Å². The monoisotopic (exact) mass is 408 g/mol. The molecule has 1 aromatic carbocycles. The highest BCUT2D eigenvalue weighted by molar-refractivity contribution is 5.48. The number of likely N-dealkylation sites (tertiary alicyclic amines) is 1. The molecule has 5 rings (SSSR count). The molecular formula is C25H32N2O3. The summed E-state index contributed by atoms with van der Waals surface area (Å²) in [4.78, 5) is 7.05. The van der Waals surface area contributed by atoms with Crippen molar-refractivity contribution in [2.45, 2.75) is 58.3 Å². The third-order valence-electron chi connectivity index (χ3n) is 7.15. The van der Waals surface area contributed by atoms with E-state index >= 15 is 0 Å². The Balaban J connectivity index is 1.36. The summed E-state index contributed by atoms with van der Waals surface area (Å²) in [5, 5.41) is 11.6. The smallest absolute Gasteiger partial charge is 0.124 e. The molecule has 1 N–H and O–H groups in total. The van der Waals surface area contributed by atoms with Crippen LogP contribution >= 0.6 is 0 Å². The van der Waals surface area contributed by atoms with E-state index in [1.54, 1.807) is 0 Å². The van der Waals surface area contributed by atoms with Crippen molar-refractivity contribution in [3.8, 4) is 11.5 Å². The first-order valence-electron chi connectivity index (χ1n) is 11.3. The van der Waals surface area contributed by atoms with Gasteiger partial charge in [-0.2, -0.15) is 0 Å². The first kappa shape index (κ1) is 19.8. The first-order chi connectivity index (χ1) is 14.5. The minimum absolute atomic E-state index is 0.230. The third kappa shape index (κ3) is 3.38. The van der Waals surface area contributed by atoms with Crippen molar-refractivity contribution in [1.29, 1.82) is 0 Å². The molecule has 1 unspecified atom stereocenters. The number of rotatable bonds is 5. The van der Waals surface area contributed by atoms with Gasteiger partial charge in [0.1, 0.15) is 23.2 Å². The molecule has 1 saturated carbocycles. The van der Waals surface area contributed by atoms with Gasteiger partial charge in [-0.15, -0.1) is 0 Å². The number of benzene rings is 1. The molecule has 3 heterocycles. The molecule has 5 nitrogen and oxygen atoms in total. The highest BCUT2D eigenvalue weighted by Crippen LogP contribution is 2.50. The van der Waals surface area contributed by atoms with Crippen molar-refractivity contribution in [3.05, 3.63) is 52.8 Å². The summed E-state index contributed by atoms with van der Waals surface area (Å²) < 4.78 is 12.0. The van der Waals surface area contributed by atoms with Crippen molar-refractivity contribution in [1.82, 2.24) is 9.88 Å². The average Bonchev–Trinajstić information content (AvgIpc) is 3.37. The zero-order chi connectivity index (χ0) is 20.9. The second-order valence-corrected chi connectivity index (χ2v) is 9.38. The van der Waals surface area contributed by atoms with Gasteiger partial charge in [0.15, 0.2) is 0 Å². The highest BCUT2D eigenvalue weighted by Gasteiger charge is 2.53. The van der Waals surface area contributed by atoms with Crippen LogP contribution in [-0.4, -0.2) is 40.8 Å². The van der Waals surface area contributed by atoms with Gasteiger partial charge in [0.25, 0.3) is 0 Å². The summed E-state index contributed by atoms with van der Waals surface area (Å²) in [5.41, 5.74) is 3.57. The Kier molecular flexibility index (Phi) is 4.98. The van der Waals surface area contributed by atoms with E-state index < -0.39 is 5.60 Å². The van der Waals surface area contributed by atoms with E-state index in [0.717, 1.165) is 61.7 Å². The summed E-state index contributed by atoms with van der Waals surface area (Å²) in [6.45, 7) is 9.56. The Bertz CT molecular complexity index is 929. The van der Waals surface area contributed by atoms with Crippen LogP contribution in [0.3, 0.4) is 0 Å². The standard InChI is InChI=1S/C25H32N2O3/c1-4-29-22-10-19-9-17(3)30-23(19)11-20(22)14-27-13-18-7-8-25(28,21(18)15-27)24-6-5-16(2)12-26-24/h5-6,10-12,17-18,21,28H,4,7-9,13-15H2,1-3H3/t17?,18-,21+,25-/m0/s1. The molecule has 2 fully saturated rings. The molecule has 3 aliphatic rings. The molecule has 2 aliphatic heterocycles. The summed E-state index contributed by atoms with van der Waals surface area (Å²) in [6, 6.07) is 8.40. The molecule has 5 heteroatoms. The second kappa shape index (κ2) is 7.54. The van der Waals surface area contributed by atoms with Crippen molar-refractivity contribution in [2.75, 3.05) is 19.7 Å². The van der Waals surface area contributed by atoms with Gasteiger partial charge in [-0.1, -0.05) is 6.07 Å². The fraction of sp³-hybridized carbons (Fsp3) is 0.560. The van der Waals surface area contributed by atoms with E-state index in [9.17, 15) is 5.11 Å². The molecule has 1 aromatic heterocycles. The van der Waals surface area contributed by atoms with Gasteiger partial charge in [-0.05, 0) is 63.3 Å². The van der Waals surface area contributed by atoms with Crippen LogP contribution < -0.4 is 9.47 Å². The number of hydrogen-bond donors (Lipinski definition) is 1. The van der Waals surface area contributed by atoms with Crippen LogP contribution in [-0.2, 0) is 18.6 Å². The molecule has 160 valence electrons. The third-order valence-corrected chi connectivity index (χ3v) is 7.15. The van der Waals surface area contributed by atoms with Crippen LogP contribution in [0.4, 0.5) is 0 Å². The topological polar surface area (TPSA) is 54.8 Å². The van der Waals surface area contributed by atoms with Crippen LogP contribution in [0.5, 0.6) is 11.5 Å². The van der Waals surface area contributed by atoms with Crippen LogP contribution in [0.1, 0.15) is 49.1 Å². The zero-order valence-corrected chi connectivity index (χ0v) is 18.2. The van der Waals surface area contributed by atoms with Crippen LogP contribution in [0, 0.1) is 18.8 Å². The lowest BCUT2D eigenvalue weighted by Gasteiger charge is -2.30. The lowest BCUT2D eigenvalue weighted by Crippen LogP contribution is -2.35. The van der Waals surface area contributed by atoms with E-state index in [0.29, 0.717) is 12.5 Å². The molecule has 0 spiro atoms. The van der Waals surface area contributed by atoms with E-state index in [-0.39, 0.29) is 12.0 Å². The van der Waals surface area contributed by atoms with Crippen molar-refractivity contribution in [2.24, 2.45) is 11.8 Å². The molecule has 4 atom stereocenters. The van der Waals surface area contributed by atoms with E-state index in [2.05, 4.69) is 35.0 Å². The summed E-state index contributed by atoms with van der Waals surface area (Å²) in [6.07, 6.45) is 4.90. The number of aryl methyl sites for hydroxylation is 1. The normalized spacial score (nSPS) is 30.2. The quantitative estimate of drug-likeness (QED) is 0.815. The summed E-state index contributed by atoms with van der Waals surface area (Å²) in [5.74, 6) is 2.72. The number of aliphatic hydroxyl groups is 1. The number of nitrogens with zero attached hydrogens (tertiary/aromatic N) is 2. The number of pyridine rings is 1. The molecule has 1 aliphatic carbocycles. The maximum Gasteiger partial charge on any atom is 0.124 e. The number of fused-ring (bicyclic) bond motifs is 2. The Morgan fingerprint density at radius 3 is 2.93 bits per heavy atom. The first-order valence-corrected chi connectivity index (χ1v) is 11.3. The SMILES string of the molecule is CCOc1cc2c(cc1CN1C[C@@H]3CC[C@@](O)(c4ccc(C)cn4)[C@@H]3C1)OC(C)C2. The zero-order valence-electron chi connectivity index (χ0n) is 18.2. The van der Waals surface area contributed by atoms with Gasteiger partial charge >= 0.3 is 0 Å². The van der Waals surface area contributed by atoms with Gasteiger partial charge < -0.3 is 14.6 Å². The fourth-order valence-corrected chi connectivity index (χ4v) is 5.69. The number of hydrogen-bond acceptors (Lipinski definition) is 5. The Hall–Kier alpha value is -2.11. The lowest BCUT2D eigenvalue weighted by atomic mass is 9.85. The molecule has 30 heavy (non-hydrogen) atoms. The van der Waals surface area contributed by atoms with E-state index in [1.807, 2.05) is 26.1 Å². The number of aromatic nitrogens is 1. The Morgan fingerprint density at radius 1 is 1.30 bits per heavy atom. The molecule has 0 radical (unpaired) electrons. The number of ether oxygens (including phenoxy) is 2. The molecule has 0 bridgehead atoms. The lowest BCUT2D eigenvalue weighted by molar-refractivity contribution is -0.0108. The van der Waals surface area contributed by atoms with Crippen LogP contribution in [0.15, 0.2) is 30.5 Å². The Morgan fingerprint density at radius 2 is 2.17 bits per heavy atom. The summed E-state index contributed by atoms with van der Waals surface area (Å²) >= 11 is 0. The molecule has 2 aromatic rings. The maximum atomic E-state index is 11.6. The van der Waals surface area contributed by atoms with Crippen molar-refractivity contribution >= 4 is 0 Å². The molecular weight excluding hydrogens is 376 g/mol. The molecule has 0 amide bonds. The largest absolute Gasteiger partial charge is 0.494 e. The van der Waals surface area contributed by atoms with Crippen LogP contribution in [0.25, 0.3) is 0 Å². The predicted molar refractivity (Wildman–Crippen MR) is 116 cm³/mol. The van der Waals surface area contributed by atoms with E-state index in [4.69, 9.17) is 9.47 Å². The Labute approximate surface area is 179 Å². The predicted octanol–water partition coefficient (Wildman–Crippen LogP) is 3.84.